The van der Waals surface area contributed by atoms with E-state index in [4.69, 9.17) is 4.74 Å². The Labute approximate surface area is 157 Å². The Kier molecular flexibility index (Phi) is 5.38. The van der Waals surface area contributed by atoms with Crippen LogP contribution >= 0.6 is 0 Å². The summed E-state index contributed by atoms with van der Waals surface area (Å²) < 4.78 is 5.66. The first-order chi connectivity index (χ1) is 13.1. The lowest BCUT2D eigenvalue weighted by Crippen LogP contribution is -2.13. The van der Waals surface area contributed by atoms with Crippen molar-refractivity contribution in [2.75, 3.05) is 11.9 Å². The van der Waals surface area contributed by atoms with Crippen LogP contribution in [0.3, 0.4) is 0 Å². The van der Waals surface area contributed by atoms with Gasteiger partial charge in [0.05, 0.1) is 6.61 Å². The first-order valence-corrected chi connectivity index (χ1v) is 8.49. The number of phenolic OH excluding ortho intramolecular Hbond substituents is 1. The number of ether oxygens (including phenoxy) is 1. The molecule has 0 saturated carbocycles. The van der Waals surface area contributed by atoms with Crippen LogP contribution < -0.4 is 10.1 Å². The Morgan fingerprint density at radius 2 is 1.81 bits per heavy atom. The molecule has 0 saturated heterocycles. The number of nitrogens with one attached hydrogen (secondary N) is 1. The summed E-state index contributed by atoms with van der Waals surface area (Å²) in [5, 5.41) is 23.2. The number of carbonyl (C=O) groups is 1. The van der Waals surface area contributed by atoms with Gasteiger partial charge in [0.25, 0.3) is 5.91 Å². The van der Waals surface area contributed by atoms with Crippen LogP contribution in [0.2, 0.25) is 0 Å². The molecule has 5 nitrogen and oxygen atoms in total. The number of hydrogen-bond donors (Lipinski definition) is 2. The Bertz CT molecular complexity index is 1050. The van der Waals surface area contributed by atoms with Gasteiger partial charge in [-0.1, -0.05) is 30.3 Å². The molecule has 0 bridgehead atoms. The third-order valence-corrected chi connectivity index (χ3v) is 4.01. The summed E-state index contributed by atoms with van der Waals surface area (Å²) in [4.78, 5) is 12.4. The molecule has 3 aromatic carbocycles. The standard InChI is InChI=1S/C22H18N2O3/c1-2-27-21-12-7-15(19-5-3-4-6-20(19)21)13-16(14-23)22(26)24-17-8-10-18(25)11-9-17/h3-13,25H,2H2,1H3,(H,24,26)/b16-13+. The second-order valence-electron chi connectivity index (χ2n) is 5.80. The third kappa shape index (κ3) is 4.07. The van der Waals surface area contributed by atoms with Crippen molar-refractivity contribution in [1.82, 2.24) is 0 Å². The molecule has 0 aliphatic rings. The highest BCUT2D eigenvalue weighted by Gasteiger charge is 2.12. The monoisotopic (exact) mass is 358 g/mol. The lowest BCUT2D eigenvalue weighted by molar-refractivity contribution is -0.112. The van der Waals surface area contributed by atoms with Crippen molar-refractivity contribution in [3.8, 4) is 17.6 Å². The minimum Gasteiger partial charge on any atom is -0.508 e. The summed E-state index contributed by atoms with van der Waals surface area (Å²) in [5.41, 5.74) is 1.24. The predicted octanol–water partition coefficient (Wildman–Crippen LogP) is 4.49. The van der Waals surface area contributed by atoms with E-state index in [1.807, 2.05) is 49.4 Å². The van der Waals surface area contributed by atoms with Crippen molar-refractivity contribution >= 4 is 28.4 Å². The van der Waals surface area contributed by atoms with E-state index in [2.05, 4.69) is 5.32 Å². The molecule has 0 aromatic heterocycles. The fourth-order valence-corrected chi connectivity index (χ4v) is 2.75. The van der Waals surface area contributed by atoms with E-state index in [0.29, 0.717) is 12.3 Å². The number of fused-ring (bicyclic) bond motifs is 1. The van der Waals surface area contributed by atoms with Crippen molar-refractivity contribution in [2.45, 2.75) is 6.92 Å². The maximum Gasteiger partial charge on any atom is 0.266 e. The maximum absolute atomic E-state index is 12.4. The summed E-state index contributed by atoms with van der Waals surface area (Å²) in [7, 11) is 0. The number of aromatic hydroxyl groups is 1. The van der Waals surface area contributed by atoms with Crippen molar-refractivity contribution in [3.63, 3.8) is 0 Å². The molecule has 3 aromatic rings. The molecular formula is C22H18N2O3. The number of carbonyl (C=O) groups excluding carboxylic acids is 1. The smallest absolute Gasteiger partial charge is 0.266 e. The molecule has 0 heterocycles. The summed E-state index contributed by atoms with van der Waals surface area (Å²) in [6, 6.07) is 19.4. The average Bonchev–Trinajstić information content (AvgIpc) is 2.69. The minimum atomic E-state index is -0.513. The summed E-state index contributed by atoms with van der Waals surface area (Å²) in [5.74, 6) is 0.350. The molecular weight excluding hydrogens is 340 g/mol. The van der Waals surface area contributed by atoms with Crippen molar-refractivity contribution in [2.24, 2.45) is 0 Å². The zero-order chi connectivity index (χ0) is 19.2. The van der Waals surface area contributed by atoms with E-state index < -0.39 is 5.91 Å². The Morgan fingerprint density at radius 1 is 1.11 bits per heavy atom. The SMILES string of the molecule is CCOc1ccc(/C=C(\C#N)C(=O)Nc2ccc(O)cc2)c2ccccc12. The average molecular weight is 358 g/mol. The number of rotatable bonds is 5. The molecule has 134 valence electrons. The third-order valence-electron chi connectivity index (χ3n) is 4.01. The highest BCUT2D eigenvalue weighted by Crippen LogP contribution is 2.30. The van der Waals surface area contributed by atoms with E-state index in [1.165, 1.54) is 12.1 Å². The summed E-state index contributed by atoms with van der Waals surface area (Å²) in [6.45, 7) is 2.47. The Hall–Kier alpha value is -3.78. The van der Waals surface area contributed by atoms with E-state index in [9.17, 15) is 15.2 Å². The minimum absolute atomic E-state index is 0.0163. The van der Waals surface area contributed by atoms with Crippen LogP contribution in [0, 0.1) is 11.3 Å². The molecule has 0 spiro atoms. The number of nitriles is 1. The van der Waals surface area contributed by atoms with Crippen LogP contribution in [0.1, 0.15) is 12.5 Å². The second kappa shape index (κ2) is 8.07. The van der Waals surface area contributed by atoms with Crippen LogP contribution in [-0.2, 0) is 4.79 Å². The normalized spacial score (nSPS) is 11.0. The quantitative estimate of drug-likeness (QED) is 0.400. The van der Waals surface area contributed by atoms with Crippen molar-refractivity contribution in [1.29, 1.82) is 5.26 Å². The van der Waals surface area contributed by atoms with Gasteiger partial charge in [-0.2, -0.15) is 5.26 Å². The van der Waals surface area contributed by atoms with Crippen molar-refractivity contribution in [3.05, 3.63) is 71.8 Å². The fraction of sp³-hybridized carbons (Fsp3) is 0.0909. The van der Waals surface area contributed by atoms with Crippen LogP contribution in [0.15, 0.2) is 66.2 Å². The molecule has 0 fully saturated rings. The van der Waals surface area contributed by atoms with E-state index >= 15 is 0 Å². The first-order valence-electron chi connectivity index (χ1n) is 8.49. The Morgan fingerprint density at radius 3 is 2.48 bits per heavy atom. The molecule has 3 rings (SSSR count). The van der Waals surface area contributed by atoms with Gasteiger partial charge < -0.3 is 15.2 Å². The van der Waals surface area contributed by atoms with Gasteiger partial charge in [-0.15, -0.1) is 0 Å². The van der Waals surface area contributed by atoms with Gasteiger partial charge in [0.1, 0.15) is 23.1 Å². The predicted molar refractivity (Wildman–Crippen MR) is 105 cm³/mol. The molecule has 0 atom stereocenters. The number of anilines is 1. The topological polar surface area (TPSA) is 82.3 Å². The highest BCUT2D eigenvalue weighted by atomic mass is 16.5. The number of amides is 1. The molecule has 27 heavy (non-hydrogen) atoms. The van der Waals surface area contributed by atoms with Crippen molar-refractivity contribution < 1.29 is 14.6 Å². The number of benzene rings is 3. The van der Waals surface area contributed by atoms with Gasteiger partial charge in [0.15, 0.2) is 0 Å². The van der Waals surface area contributed by atoms with E-state index in [0.717, 1.165) is 22.1 Å². The molecule has 0 unspecified atom stereocenters. The second-order valence-corrected chi connectivity index (χ2v) is 5.80. The zero-order valence-corrected chi connectivity index (χ0v) is 14.8. The number of hydrogen-bond acceptors (Lipinski definition) is 4. The molecule has 5 heteroatoms. The van der Waals surface area contributed by atoms with E-state index in [1.54, 1.807) is 18.2 Å². The van der Waals surface area contributed by atoms with Crippen LogP contribution in [-0.4, -0.2) is 17.6 Å². The van der Waals surface area contributed by atoms with Gasteiger partial charge in [-0.05, 0) is 54.3 Å². The Balaban J connectivity index is 1.96. The highest BCUT2D eigenvalue weighted by molar-refractivity contribution is 6.11. The van der Waals surface area contributed by atoms with Gasteiger partial charge in [0, 0.05) is 11.1 Å². The zero-order valence-electron chi connectivity index (χ0n) is 14.8. The molecule has 1 amide bonds. The molecule has 0 radical (unpaired) electrons. The first kappa shape index (κ1) is 18.0. The van der Waals surface area contributed by atoms with Crippen LogP contribution in [0.5, 0.6) is 11.5 Å². The number of nitrogens with zero attached hydrogens (tertiary/aromatic N) is 1. The van der Waals surface area contributed by atoms with Crippen LogP contribution in [0.25, 0.3) is 16.8 Å². The van der Waals surface area contributed by atoms with Gasteiger partial charge in [0.2, 0.25) is 0 Å². The molecule has 0 aliphatic carbocycles. The van der Waals surface area contributed by atoms with Crippen LogP contribution in [0.4, 0.5) is 5.69 Å². The van der Waals surface area contributed by atoms with Gasteiger partial charge in [-0.25, -0.2) is 0 Å². The fourth-order valence-electron chi connectivity index (χ4n) is 2.75. The molecule has 0 aliphatic heterocycles. The maximum atomic E-state index is 12.4. The van der Waals surface area contributed by atoms with E-state index in [-0.39, 0.29) is 11.3 Å². The molecule has 2 N–H and O–H groups in total. The summed E-state index contributed by atoms with van der Waals surface area (Å²) >= 11 is 0. The number of phenols is 1. The largest absolute Gasteiger partial charge is 0.508 e. The lowest BCUT2D eigenvalue weighted by Gasteiger charge is -2.10. The van der Waals surface area contributed by atoms with Gasteiger partial charge >= 0.3 is 0 Å². The lowest BCUT2D eigenvalue weighted by atomic mass is 10.0. The summed E-state index contributed by atoms with van der Waals surface area (Å²) in [6.07, 6.45) is 1.56. The van der Waals surface area contributed by atoms with Gasteiger partial charge in [-0.3, -0.25) is 4.79 Å².